The lowest BCUT2D eigenvalue weighted by Gasteiger charge is -2.25. The SMILES string of the molecule is c1ccc(-c2ncc3c(n2)CN(C2CSCCSC2)C3)cc1. The minimum Gasteiger partial charge on any atom is -0.289 e. The Morgan fingerprint density at radius 3 is 2.55 bits per heavy atom. The van der Waals surface area contributed by atoms with Crippen molar-refractivity contribution in [2.24, 2.45) is 0 Å². The molecular formula is C17H19N3S2. The van der Waals surface area contributed by atoms with Crippen LogP contribution in [0.3, 0.4) is 0 Å². The van der Waals surface area contributed by atoms with Crippen LogP contribution in [0.1, 0.15) is 11.3 Å². The van der Waals surface area contributed by atoms with Gasteiger partial charge in [0.25, 0.3) is 0 Å². The van der Waals surface area contributed by atoms with Gasteiger partial charge in [-0.25, -0.2) is 9.97 Å². The first-order chi connectivity index (χ1) is 10.9. The quantitative estimate of drug-likeness (QED) is 0.843. The Balaban J connectivity index is 1.54. The maximum atomic E-state index is 4.83. The van der Waals surface area contributed by atoms with Gasteiger partial charge in [-0.05, 0) is 0 Å². The van der Waals surface area contributed by atoms with Crippen molar-refractivity contribution in [2.45, 2.75) is 19.1 Å². The number of thioether (sulfide) groups is 2. The molecule has 4 rings (SSSR count). The molecule has 3 heterocycles. The number of rotatable bonds is 2. The number of nitrogens with zero attached hydrogens (tertiary/aromatic N) is 3. The van der Waals surface area contributed by atoms with Crippen LogP contribution >= 0.6 is 23.5 Å². The summed E-state index contributed by atoms with van der Waals surface area (Å²) in [6.45, 7) is 1.99. The average Bonchev–Trinajstić information content (AvgIpc) is 2.80. The lowest BCUT2D eigenvalue weighted by Crippen LogP contribution is -2.34. The molecule has 5 heteroatoms. The lowest BCUT2D eigenvalue weighted by molar-refractivity contribution is 0.233. The molecule has 0 atom stereocenters. The zero-order valence-electron chi connectivity index (χ0n) is 12.4. The van der Waals surface area contributed by atoms with Crippen LogP contribution in [0.2, 0.25) is 0 Å². The van der Waals surface area contributed by atoms with Gasteiger partial charge in [-0.3, -0.25) is 4.90 Å². The van der Waals surface area contributed by atoms with Crippen molar-refractivity contribution in [1.29, 1.82) is 0 Å². The topological polar surface area (TPSA) is 29.0 Å². The van der Waals surface area contributed by atoms with E-state index >= 15 is 0 Å². The molecule has 0 spiro atoms. The number of hydrogen-bond acceptors (Lipinski definition) is 5. The first kappa shape index (κ1) is 14.5. The van der Waals surface area contributed by atoms with E-state index < -0.39 is 0 Å². The number of fused-ring (bicyclic) bond motifs is 1. The zero-order valence-corrected chi connectivity index (χ0v) is 14.1. The summed E-state index contributed by atoms with van der Waals surface area (Å²) < 4.78 is 0. The van der Waals surface area contributed by atoms with E-state index in [0.717, 1.165) is 24.5 Å². The van der Waals surface area contributed by atoms with Crippen molar-refractivity contribution in [3.8, 4) is 11.4 Å². The van der Waals surface area contributed by atoms with Gasteiger partial charge in [0.1, 0.15) is 0 Å². The fourth-order valence-corrected chi connectivity index (χ4v) is 5.60. The highest BCUT2D eigenvalue weighted by molar-refractivity contribution is 8.03. The number of benzene rings is 1. The molecule has 114 valence electrons. The van der Waals surface area contributed by atoms with Crippen LogP contribution in [0.25, 0.3) is 11.4 Å². The van der Waals surface area contributed by atoms with Crippen LogP contribution in [-0.2, 0) is 13.1 Å². The van der Waals surface area contributed by atoms with Gasteiger partial charge in [-0.15, -0.1) is 0 Å². The standard InChI is InChI=1S/C17H19N3S2/c1-2-4-13(5-3-1)17-18-8-14-9-20(10-16(14)19-17)15-11-21-6-7-22-12-15/h1-5,8,15H,6-7,9-12H2. The summed E-state index contributed by atoms with van der Waals surface area (Å²) in [7, 11) is 0. The second-order valence-electron chi connectivity index (χ2n) is 5.74. The average molecular weight is 329 g/mol. The molecule has 3 nitrogen and oxygen atoms in total. The molecule has 0 bridgehead atoms. The Morgan fingerprint density at radius 1 is 1.00 bits per heavy atom. The second kappa shape index (κ2) is 6.60. The van der Waals surface area contributed by atoms with Crippen LogP contribution < -0.4 is 0 Å². The minimum absolute atomic E-state index is 0.673. The number of hydrogen-bond donors (Lipinski definition) is 0. The first-order valence-electron chi connectivity index (χ1n) is 7.70. The largest absolute Gasteiger partial charge is 0.289 e. The van der Waals surface area contributed by atoms with E-state index in [1.54, 1.807) is 0 Å². The van der Waals surface area contributed by atoms with Crippen LogP contribution in [0.4, 0.5) is 0 Å². The van der Waals surface area contributed by atoms with Crippen molar-refractivity contribution in [3.63, 3.8) is 0 Å². The summed E-state index contributed by atoms with van der Waals surface area (Å²) in [5.74, 6) is 5.94. The highest BCUT2D eigenvalue weighted by Gasteiger charge is 2.28. The molecule has 0 amide bonds. The molecule has 0 saturated carbocycles. The van der Waals surface area contributed by atoms with Crippen molar-refractivity contribution in [2.75, 3.05) is 23.0 Å². The Kier molecular flexibility index (Phi) is 4.37. The molecule has 1 saturated heterocycles. The lowest BCUT2D eigenvalue weighted by atomic mass is 10.2. The molecule has 0 aliphatic carbocycles. The maximum Gasteiger partial charge on any atom is 0.159 e. The normalized spacial score (nSPS) is 19.8. The Morgan fingerprint density at radius 2 is 1.77 bits per heavy atom. The van der Waals surface area contributed by atoms with E-state index in [-0.39, 0.29) is 0 Å². The molecule has 2 aliphatic rings. The van der Waals surface area contributed by atoms with Crippen LogP contribution in [0.5, 0.6) is 0 Å². The summed E-state index contributed by atoms with van der Waals surface area (Å²) in [4.78, 5) is 12.0. The molecule has 2 aromatic rings. The van der Waals surface area contributed by atoms with Gasteiger partial charge >= 0.3 is 0 Å². The van der Waals surface area contributed by atoms with Crippen LogP contribution in [-0.4, -0.2) is 43.9 Å². The van der Waals surface area contributed by atoms with E-state index in [2.05, 4.69) is 45.5 Å². The third-order valence-electron chi connectivity index (χ3n) is 4.22. The van der Waals surface area contributed by atoms with Crippen LogP contribution in [0, 0.1) is 0 Å². The summed E-state index contributed by atoms with van der Waals surface area (Å²) in [5, 5.41) is 0. The van der Waals surface area contributed by atoms with Crippen molar-refractivity contribution >= 4 is 23.5 Å². The van der Waals surface area contributed by atoms with Crippen LogP contribution in [0.15, 0.2) is 36.5 Å². The molecule has 0 unspecified atom stereocenters. The fourth-order valence-electron chi connectivity index (χ4n) is 2.98. The van der Waals surface area contributed by atoms with Crippen molar-refractivity contribution < 1.29 is 0 Å². The minimum atomic E-state index is 0.673. The molecule has 1 aromatic carbocycles. The van der Waals surface area contributed by atoms with E-state index in [4.69, 9.17) is 4.98 Å². The summed E-state index contributed by atoms with van der Waals surface area (Å²) in [6, 6.07) is 10.9. The van der Waals surface area contributed by atoms with Gasteiger partial charge in [0.15, 0.2) is 5.82 Å². The molecule has 22 heavy (non-hydrogen) atoms. The van der Waals surface area contributed by atoms with E-state index in [1.165, 1.54) is 34.3 Å². The fraction of sp³-hybridized carbons (Fsp3) is 0.412. The number of aromatic nitrogens is 2. The third kappa shape index (κ3) is 3.03. The summed E-state index contributed by atoms with van der Waals surface area (Å²) in [5.41, 5.74) is 3.62. The van der Waals surface area contributed by atoms with Gasteiger partial charge in [-0.2, -0.15) is 23.5 Å². The van der Waals surface area contributed by atoms with E-state index in [1.807, 2.05) is 24.4 Å². The Bertz CT molecular complexity index is 640. The second-order valence-corrected chi connectivity index (χ2v) is 8.04. The molecule has 0 N–H and O–H groups in total. The van der Waals surface area contributed by atoms with Gasteiger partial charge in [0, 0.05) is 59.5 Å². The van der Waals surface area contributed by atoms with E-state index in [9.17, 15) is 0 Å². The maximum absolute atomic E-state index is 4.83. The third-order valence-corrected chi connectivity index (χ3v) is 6.71. The summed E-state index contributed by atoms with van der Waals surface area (Å²) >= 11 is 4.18. The monoisotopic (exact) mass is 329 g/mol. The zero-order chi connectivity index (χ0) is 14.8. The molecule has 1 fully saturated rings. The highest BCUT2D eigenvalue weighted by Crippen LogP contribution is 2.29. The van der Waals surface area contributed by atoms with E-state index in [0.29, 0.717) is 6.04 Å². The van der Waals surface area contributed by atoms with Gasteiger partial charge < -0.3 is 0 Å². The van der Waals surface area contributed by atoms with Gasteiger partial charge in [0.05, 0.1) is 5.69 Å². The first-order valence-corrected chi connectivity index (χ1v) is 10.0. The molecule has 0 radical (unpaired) electrons. The van der Waals surface area contributed by atoms with Gasteiger partial charge in [-0.1, -0.05) is 30.3 Å². The molecule has 1 aromatic heterocycles. The predicted octanol–water partition coefficient (Wildman–Crippen LogP) is 3.31. The van der Waals surface area contributed by atoms with Crippen molar-refractivity contribution in [3.05, 3.63) is 47.8 Å². The summed E-state index contributed by atoms with van der Waals surface area (Å²) in [6.07, 6.45) is 2.03. The Labute approximate surface area is 139 Å². The Hall–Kier alpha value is -1.04. The predicted molar refractivity (Wildman–Crippen MR) is 95.2 cm³/mol. The molecular weight excluding hydrogens is 310 g/mol. The highest BCUT2D eigenvalue weighted by atomic mass is 32.2. The molecule has 2 aliphatic heterocycles. The van der Waals surface area contributed by atoms with Crippen molar-refractivity contribution in [1.82, 2.24) is 14.9 Å². The van der Waals surface area contributed by atoms with Gasteiger partial charge in [0.2, 0.25) is 0 Å². The smallest absolute Gasteiger partial charge is 0.159 e.